The quantitative estimate of drug-likeness (QED) is 0.201. The van der Waals surface area contributed by atoms with Crippen LogP contribution in [0.1, 0.15) is 49.7 Å². The van der Waals surface area contributed by atoms with Crippen molar-refractivity contribution in [1.29, 1.82) is 0 Å². The number of rotatable bonds is 10. The molecule has 0 saturated heterocycles. The molecule has 4 rings (SSSR count). The van der Waals surface area contributed by atoms with Crippen LogP contribution < -0.4 is 14.8 Å². The third-order valence-corrected chi connectivity index (χ3v) is 7.01. The molecule has 0 spiro atoms. The van der Waals surface area contributed by atoms with Gasteiger partial charge in [0.25, 0.3) is 5.69 Å². The normalized spacial score (nSPS) is 18.8. The van der Waals surface area contributed by atoms with E-state index in [1.807, 2.05) is 25.1 Å². The molecule has 2 aliphatic rings. The number of ketones is 1. The number of nitro groups is 1. The molecule has 2 aromatic rings. The Morgan fingerprint density at radius 3 is 2.51 bits per heavy atom. The molecule has 0 amide bonds. The van der Waals surface area contributed by atoms with Crippen molar-refractivity contribution in [2.45, 2.75) is 38.5 Å². The van der Waals surface area contributed by atoms with E-state index in [9.17, 15) is 19.7 Å². The zero-order valence-electron chi connectivity index (χ0n) is 22.4. The Hall–Kier alpha value is -4.18. The minimum atomic E-state index is -0.806. The van der Waals surface area contributed by atoms with Crippen LogP contribution in [0.4, 0.5) is 5.69 Å². The Labute approximate surface area is 226 Å². The summed E-state index contributed by atoms with van der Waals surface area (Å²) in [4.78, 5) is 38.1. The highest BCUT2D eigenvalue weighted by Crippen LogP contribution is 2.46. The second-order valence-corrected chi connectivity index (χ2v) is 9.32. The molecule has 0 bridgehead atoms. The second-order valence-electron chi connectivity index (χ2n) is 9.32. The van der Waals surface area contributed by atoms with Crippen molar-refractivity contribution in [2.75, 3.05) is 34.0 Å². The topological polar surface area (TPSA) is 126 Å². The maximum absolute atomic E-state index is 13.8. The lowest BCUT2D eigenvalue weighted by atomic mass is 9.71. The SMILES string of the molecule is CCOCCOC(=O)C1=C(C)NC2=C(C(=O)CC(c3ccc(OC)c(OC)c3)C2)C1c1cccc([N+](=O)[O-])c1. The zero-order chi connectivity index (χ0) is 28.1. The van der Waals surface area contributed by atoms with E-state index in [0.717, 1.165) is 5.56 Å². The zero-order valence-corrected chi connectivity index (χ0v) is 22.4. The molecule has 39 heavy (non-hydrogen) atoms. The number of dihydropyridines is 1. The lowest BCUT2D eigenvalue weighted by Gasteiger charge is -2.36. The van der Waals surface area contributed by atoms with Crippen LogP contribution >= 0.6 is 0 Å². The molecule has 0 fully saturated rings. The summed E-state index contributed by atoms with van der Waals surface area (Å²) in [6.07, 6.45) is 0.707. The Kier molecular flexibility index (Phi) is 8.65. The minimum absolute atomic E-state index is 0.0480. The third kappa shape index (κ3) is 5.80. The van der Waals surface area contributed by atoms with Crippen molar-refractivity contribution in [2.24, 2.45) is 0 Å². The number of esters is 1. The molecule has 1 aliphatic heterocycles. The average molecular weight is 537 g/mol. The number of carbonyl (C=O) groups excluding carboxylic acids is 2. The highest BCUT2D eigenvalue weighted by atomic mass is 16.6. The highest BCUT2D eigenvalue weighted by molar-refractivity contribution is 6.04. The number of Topliss-reactive ketones (excluding diaryl/α,β-unsaturated/α-hetero) is 1. The van der Waals surface area contributed by atoms with Crippen LogP contribution in [0.2, 0.25) is 0 Å². The molecule has 10 heteroatoms. The van der Waals surface area contributed by atoms with Gasteiger partial charge in [-0.05, 0) is 49.4 Å². The van der Waals surface area contributed by atoms with Crippen LogP contribution in [0.25, 0.3) is 0 Å². The predicted octanol–water partition coefficient (Wildman–Crippen LogP) is 4.55. The molecule has 0 aromatic heterocycles. The van der Waals surface area contributed by atoms with Crippen LogP contribution in [0.3, 0.4) is 0 Å². The lowest BCUT2D eigenvalue weighted by molar-refractivity contribution is -0.384. The van der Waals surface area contributed by atoms with Gasteiger partial charge in [-0.1, -0.05) is 18.2 Å². The van der Waals surface area contributed by atoms with Crippen LogP contribution in [0.15, 0.2) is 65.0 Å². The Morgan fingerprint density at radius 1 is 1.05 bits per heavy atom. The molecule has 1 heterocycles. The van der Waals surface area contributed by atoms with Gasteiger partial charge >= 0.3 is 5.97 Å². The molecule has 10 nitrogen and oxygen atoms in total. The molecule has 2 unspecified atom stereocenters. The first-order valence-corrected chi connectivity index (χ1v) is 12.7. The Balaban J connectivity index is 1.75. The van der Waals surface area contributed by atoms with Crippen molar-refractivity contribution in [3.8, 4) is 11.5 Å². The van der Waals surface area contributed by atoms with E-state index < -0.39 is 16.8 Å². The molecular weight excluding hydrogens is 504 g/mol. The fourth-order valence-corrected chi connectivity index (χ4v) is 5.22. The first kappa shape index (κ1) is 27.8. The van der Waals surface area contributed by atoms with Crippen molar-refractivity contribution >= 4 is 17.4 Å². The fraction of sp³-hybridized carbons (Fsp3) is 0.379. The fourth-order valence-electron chi connectivity index (χ4n) is 5.22. The van der Waals surface area contributed by atoms with Crippen LogP contribution in [0.5, 0.6) is 11.5 Å². The smallest absolute Gasteiger partial charge is 0.336 e. The molecule has 206 valence electrons. The number of non-ortho nitro benzene ring substituents is 1. The van der Waals surface area contributed by atoms with E-state index in [1.54, 1.807) is 33.3 Å². The summed E-state index contributed by atoms with van der Waals surface area (Å²) in [6.45, 7) is 4.37. The van der Waals surface area contributed by atoms with Crippen molar-refractivity contribution in [3.05, 3.63) is 86.2 Å². The van der Waals surface area contributed by atoms with Crippen molar-refractivity contribution < 1.29 is 33.5 Å². The number of nitro benzene ring substituents is 1. The molecule has 2 aromatic carbocycles. The molecule has 1 aliphatic carbocycles. The molecule has 0 radical (unpaired) electrons. The standard InChI is InChI=1S/C29H32N2O8/c1-5-38-11-12-39-29(33)26-17(2)30-22-14-20(18-9-10-24(36-3)25(16-18)37-4)15-23(32)28(22)27(26)19-7-6-8-21(13-19)31(34)35/h6-10,13,16,20,27,30H,5,11-12,14-15H2,1-4H3. The number of ether oxygens (including phenoxy) is 4. The van der Waals surface area contributed by atoms with Crippen molar-refractivity contribution in [3.63, 3.8) is 0 Å². The monoisotopic (exact) mass is 536 g/mol. The van der Waals surface area contributed by atoms with E-state index in [-0.39, 0.29) is 42.6 Å². The van der Waals surface area contributed by atoms with E-state index in [4.69, 9.17) is 18.9 Å². The Bertz CT molecular complexity index is 1350. The largest absolute Gasteiger partial charge is 0.493 e. The van der Waals surface area contributed by atoms with E-state index in [1.165, 1.54) is 12.1 Å². The van der Waals surface area contributed by atoms with Gasteiger partial charge in [0.2, 0.25) is 0 Å². The molecule has 0 saturated carbocycles. The second kappa shape index (κ2) is 12.1. The maximum Gasteiger partial charge on any atom is 0.336 e. The summed E-state index contributed by atoms with van der Waals surface area (Å²) < 4.78 is 21.6. The van der Waals surface area contributed by atoms with Crippen LogP contribution in [-0.2, 0) is 19.1 Å². The number of nitrogens with zero attached hydrogens (tertiary/aromatic N) is 1. The van der Waals surface area contributed by atoms with Crippen LogP contribution in [-0.4, -0.2) is 50.7 Å². The van der Waals surface area contributed by atoms with Gasteiger partial charge in [-0.2, -0.15) is 0 Å². The Morgan fingerprint density at radius 2 is 1.82 bits per heavy atom. The number of nitrogens with one attached hydrogen (secondary N) is 1. The summed E-state index contributed by atoms with van der Waals surface area (Å²) in [5.41, 5.74) is 3.18. The number of hydrogen-bond acceptors (Lipinski definition) is 9. The number of allylic oxidation sites excluding steroid dienone is 3. The molecular formula is C29H32N2O8. The van der Waals surface area contributed by atoms with Gasteiger partial charge in [-0.15, -0.1) is 0 Å². The van der Waals surface area contributed by atoms with Gasteiger partial charge in [-0.25, -0.2) is 4.79 Å². The predicted molar refractivity (Wildman–Crippen MR) is 143 cm³/mol. The summed E-state index contributed by atoms with van der Waals surface area (Å²) in [5, 5.41) is 14.8. The number of hydrogen-bond donors (Lipinski definition) is 1. The number of benzene rings is 2. The van der Waals surface area contributed by atoms with Gasteiger partial charge in [0, 0.05) is 48.0 Å². The third-order valence-electron chi connectivity index (χ3n) is 7.01. The average Bonchev–Trinajstić information content (AvgIpc) is 2.93. The summed E-state index contributed by atoms with van der Waals surface area (Å²) >= 11 is 0. The summed E-state index contributed by atoms with van der Waals surface area (Å²) in [5.74, 6) is -0.524. The first-order valence-electron chi connectivity index (χ1n) is 12.7. The van der Waals surface area contributed by atoms with Gasteiger partial charge in [-0.3, -0.25) is 14.9 Å². The number of carbonyl (C=O) groups is 2. The van der Waals surface area contributed by atoms with Gasteiger partial charge in [0.15, 0.2) is 17.3 Å². The highest BCUT2D eigenvalue weighted by Gasteiger charge is 2.42. The number of methoxy groups -OCH3 is 2. The maximum atomic E-state index is 13.8. The van der Waals surface area contributed by atoms with E-state index >= 15 is 0 Å². The van der Waals surface area contributed by atoms with E-state index in [0.29, 0.717) is 47.1 Å². The van der Waals surface area contributed by atoms with Gasteiger partial charge < -0.3 is 24.3 Å². The van der Waals surface area contributed by atoms with Crippen molar-refractivity contribution in [1.82, 2.24) is 5.32 Å². The van der Waals surface area contributed by atoms with Gasteiger partial charge in [0.1, 0.15) is 6.61 Å². The molecule has 1 N–H and O–H groups in total. The van der Waals surface area contributed by atoms with E-state index in [2.05, 4.69) is 5.32 Å². The minimum Gasteiger partial charge on any atom is -0.493 e. The lowest BCUT2D eigenvalue weighted by Crippen LogP contribution is -2.36. The molecule has 2 atom stereocenters. The summed E-state index contributed by atoms with van der Waals surface area (Å²) in [6, 6.07) is 11.6. The van der Waals surface area contributed by atoms with Gasteiger partial charge in [0.05, 0.1) is 31.3 Å². The van der Waals surface area contributed by atoms with Crippen LogP contribution in [0, 0.1) is 10.1 Å². The summed E-state index contributed by atoms with van der Waals surface area (Å²) in [7, 11) is 3.12. The first-order chi connectivity index (χ1) is 18.8.